The molecule has 5 aromatic carbocycles. The monoisotopic (exact) mass is 1720 g/mol. The minimum absolute atomic E-state index is 0.0833. The highest BCUT2D eigenvalue weighted by Gasteiger charge is 2.23. The van der Waals surface area contributed by atoms with E-state index >= 15 is 0 Å². The SMILES string of the molecule is Brc1ccc(-c2c(Br)c(Br)c(Br)c(Br)c2Br)c(Br)c1Br.Brc1ccc(-c2c(Br)c(Br)c(Br)c(Br)c2Br)c(Br)c1Br.O=C(O)c1ccc(C(=O)O)cc1. The topological polar surface area (TPSA) is 74.6 Å². The molecule has 20 heteroatoms. The Hall–Kier alpha value is 2.72. The van der Waals surface area contributed by atoms with Crippen molar-refractivity contribution < 1.29 is 19.8 Å². The van der Waals surface area contributed by atoms with Gasteiger partial charge in [0.05, 0.1) is 11.1 Å². The second-order valence-corrected chi connectivity index (χ2v) is 22.3. The summed E-state index contributed by atoms with van der Waals surface area (Å²) in [6.07, 6.45) is 0. The molecule has 0 spiro atoms. The van der Waals surface area contributed by atoms with Crippen LogP contribution in [-0.2, 0) is 0 Å². The molecule has 274 valence electrons. The molecule has 0 amide bonds. The smallest absolute Gasteiger partial charge is 0.335 e. The van der Waals surface area contributed by atoms with Crippen molar-refractivity contribution in [1.82, 2.24) is 0 Å². The van der Waals surface area contributed by atoms with Crippen LogP contribution < -0.4 is 0 Å². The lowest BCUT2D eigenvalue weighted by atomic mass is 10.1. The van der Waals surface area contributed by atoms with Crippen molar-refractivity contribution in [3.63, 3.8) is 0 Å². The predicted molar refractivity (Wildman–Crippen MR) is 267 cm³/mol. The minimum Gasteiger partial charge on any atom is -0.478 e. The van der Waals surface area contributed by atoms with Crippen LogP contribution in [0.2, 0.25) is 0 Å². The van der Waals surface area contributed by atoms with Crippen molar-refractivity contribution >= 4 is 267 Å². The molecule has 2 N–H and O–H groups in total. The van der Waals surface area contributed by atoms with E-state index in [-0.39, 0.29) is 11.1 Å². The van der Waals surface area contributed by atoms with Gasteiger partial charge in [-0.05, 0) is 302 Å². The van der Waals surface area contributed by atoms with Crippen LogP contribution in [0, 0.1) is 0 Å². The van der Waals surface area contributed by atoms with Crippen molar-refractivity contribution in [2.75, 3.05) is 0 Å². The van der Waals surface area contributed by atoms with E-state index in [0.29, 0.717) is 0 Å². The fourth-order valence-electron chi connectivity index (χ4n) is 3.88. The summed E-state index contributed by atoms with van der Waals surface area (Å²) in [6, 6.07) is 13.1. The molecular weight excluding hydrogens is 1730 g/mol. The normalized spacial score (nSPS) is 10.6. The first kappa shape index (κ1) is 49.1. The maximum Gasteiger partial charge on any atom is 0.335 e. The lowest BCUT2D eigenvalue weighted by Crippen LogP contribution is -1.99. The van der Waals surface area contributed by atoms with Crippen molar-refractivity contribution in [3.05, 3.63) is 131 Å². The lowest BCUT2D eigenvalue weighted by molar-refractivity contribution is 0.0681. The Morgan fingerprint density at radius 2 is 0.538 bits per heavy atom. The molecule has 52 heavy (non-hydrogen) atoms. The summed E-state index contributed by atoms with van der Waals surface area (Å²) in [4.78, 5) is 20.7. The molecule has 0 fully saturated rings. The third-order valence-corrected chi connectivity index (χ3v) is 25.3. The zero-order chi connectivity index (χ0) is 39.5. The van der Waals surface area contributed by atoms with Crippen LogP contribution in [0.5, 0.6) is 0 Å². The second kappa shape index (κ2) is 21.8. The van der Waals surface area contributed by atoms with Gasteiger partial charge in [-0.3, -0.25) is 0 Å². The van der Waals surface area contributed by atoms with Gasteiger partial charge >= 0.3 is 11.9 Å². The number of carbonyl (C=O) groups is 2. The van der Waals surface area contributed by atoms with Gasteiger partial charge in [0.2, 0.25) is 0 Å². The van der Waals surface area contributed by atoms with Gasteiger partial charge in [-0.15, -0.1) is 0 Å². The first-order valence-electron chi connectivity index (χ1n) is 13.0. The standard InChI is InChI=1S/2C12H2Br8.C8H6O4/c2*13-4-2-1-3(6(14)7(4)15)5-8(16)10(18)12(20)11(19)9(5)17;9-7(10)5-1-2-6(4-3-5)8(11)12/h2*1-2H;1-4H,(H,9,10)(H,11,12). The van der Waals surface area contributed by atoms with E-state index in [1.54, 1.807) is 0 Å². The van der Waals surface area contributed by atoms with E-state index in [9.17, 15) is 9.59 Å². The molecule has 4 nitrogen and oxygen atoms in total. The van der Waals surface area contributed by atoms with E-state index in [1.165, 1.54) is 24.3 Å². The Morgan fingerprint density at radius 1 is 0.308 bits per heavy atom. The second-order valence-electron chi connectivity index (χ2n) is 9.52. The van der Waals surface area contributed by atoms with Crippen LogP contribution in [0.4, 0.5) is 0 Å². The largest absolute Gasteiger partial charge is 0.478 e. The third-order valence-electron chi connectivity index (χ3n) is 6.41. The summed E-state index contributed by atoms with van der Waals surface area (Å²) in [5.41, 5.74) is 4.39. The molecule has 0 bridgehead atoms. The van der Waals surface area contributed by atoms with E-state index < -0.39 is 11.9 Å². The molecule has 0 aromatic heterocycles. The van der Waals surface area contributed by atoms with Gasteiger partial charge in [-0.2, -0.15) is 0 Å². The zero-order valence-corrected chi connectivity index (χ0v) is 49.8. The molecule has 5 rings (SSSR count). The maximum atomic E-state index is 10.3. The average molecular weight is 1740 g/mol. The summed E-state index contributed by atoms with van der Waals surface area (Å²) < 4.78 is 15.5. The molecule has 0 saturated heterocycles. The van der Waals surface area contributed by atoms with Gasteiger partial charge in [0.15, 0.2) is 0 Å². The fraction of sp³-hybridized carbons (Fsp3) is 0. The molecule has 0 atom stereocenters. The van der Waals surface area contributed by atoms with Crippen LogP contribution in [0.15, 0.2) is 120 Å². The Kier molecular flexibility index (Phi) is 20.6. The summed E-state index contributed by atoms with van der Waals surface area (Å²) in [5.74, 6) is -2.13. The molecule has 0 saturated carbocycles. The number of aromatic carboxylic acids is 2. The van der Waals surface area contributed by atoms with E-state index in [4.69, 9.17) is 10.2 Å². The highest BCUT2D eigenvalue weighted by Crippen LogP contribution is 2.53. The fourth-order valence-corrected chi connectivity index (χ4v) is 13.8. The van der Waals surface area contributed by atoms with Gasteiger partial charge in [0.1, 0.15) is 0 Å². The molecule has 0 aliphatic carbocycles. The van der Waals surface area contributed by atoms with Gasteiger partial charge < -0.3 is 10.2 Å². The van der Waals surface area contributed by atoms with Crippen molar-refractivity contribution in [1.29, 1.82) is 0 Å². The highest BCUT2D eigenvalue weighted by atomic mass is 79.9. The maximum absolute atomic E-state index is 10.3. The van der Waals surface area contributed by atoms with E-state index in [0.717, 1.165) is 93.8 Å². The predicted octanol–water partition coefficient (Wildman–Crippen LogP) is 20.0. The number of rotatable bonds is 4. The summed E-state index contributed by atoms with van der Waals surface area (Å²) >= 11 is 57.5. The van der Waals surface area contributed by atoms with Gasteiger partial charge in [0.25, 0.3) is 0 Å². The quantitative estimate of drug-likeness (QED) is 0.139. The van der Waals surface area contributed by atoms with Crippen LogP contribution in [0.3, 0.4) is 0 Å². The number of halogens is 16. The zero-order valence-electron chi connectivity index (χ0n) is 24.4. The first-order chi connectivity index (χ1) is 24.1. The summed E-state index contributed by atoms with van der Waals surface area (Å²) in [5, 5.41) is 16.9. The van der Waals surface area contributed by atoms with Crippen molar-refractivity contribution in [2.24, 2.45) is 0 Å². The minimum atomic E-state index is -1.06. The van der Waals surface area contributed by atoms with Gasteiger partial charge in [-0.1, -0.05) is 12.1 Å². The number of carboxylic acids is 2. The number of carboxylic acid groups (broad SMARTS) is 2. The van der Waals surface area contributed by atoms with Crippen LogP contribution in [0.25, 0.3) is 22.3 Å². The van der Waals surface area contributed by atoms with E-state index in [2.05, 4.69) is 267 Å². The lowest BCUT2D eigenvalue weighted by Gasteiger charge is -2.16. The van der Waals surface area contributed by atoms with Crippen LogP contribution in [0.1, 0.15) is 20.7 Å². The molecule has 0 heterocycles. The molecule has 5 aromatic rings. The number of benzene rings is 5. The van der Waals surface area contributed by atoms with Gasteiger partial charge in [-0.25, -0.2) is 9.59 Å². The highest BCUT2D eigenvalue weighted by molar-refractivity contribution is 9.17. The van der Waals surface area contributed by atoms with Gasteiger partial charge in [0, 0.05) is 82.7 Å². The Morgan fingerprint density at radius 3 is 0.769 bits per heavy atom. The molecule has 0 aliphatic rings. The van der Waals surface area contributed by atoms with E-state index in [1.807, 2.05) is 12.1 Å². The van der Waals surface area contributed by atoms with Crippen LogP contribution >= 0.6 is 255 Å². The summed E-state index contributed by atoms with van der Waals surface area (Å²) in [7, 11) is 0. The molecular formula is C32H10Br16O4. The number of hydrogen-bond donors (Lipinski definition) is 2. The molecule has 0 unspecified atom stereocenters. The average Bonchev–Trinajstić information content (AvgIpc) is 3.12. The Bertz CT molecular complexity index is 2010. The first-order valence-corrected chi connectivity index (χ1v) is 25.7. The van der Waals surface area contributed by atoms with Crippen LogP contribution in [-0.4, -0.2) is 22.2 Å². The Labute approximate surface area is 432 Å². The number of hydrogen-bond acceptors (Lipinski definition) is 2. The van der Waals surface area contributed by atoms with Crippen molar-refractivity contribution in [2.45, 2.75) is 0 Å². The Balaban J connectivity index is 0.000000218. The van der Waals surface area contributed by atoms with Crippen molar-refractivity contribution in [3.8, 4) is 22.3 Å². The molecule has 0 aliphatic heterocycles. The summed E-state index contributed by atoms with van der Waals surface area (Å²) in [6.45, 7) is 0. The molecule has 0 radical (unpaired) electrons. The third kappa shape index (κ3) is 11.5.